The molecule has 0 radical (unpaired) electrons. The summed E-state index contributed by atoms with van der Waals surface area (Å²) in [5.41, 5.74) is 14.8. The van der Waals surface area contributed by atoms with E-state index >= 15 is 0 Å². The lowest BCUT2D eigenvalue weighted by molar-refractivity contribution is 0.107. The third-order valence-corrected chi connectivity index (χ3v) is 8.24. The number of nitrogen functional groups attached to an aromatic ring is 1. The molecule has 3 heterocycles. The first kappa shape index (κ1) is 22.4. The van der Waals surface area contributed by atoms with Gasteiger partial charge < -0.3 is 16.0 Å². The molecule has 3 aliphatic rings. The number of hydrogen-bond donors (Lipinski definition) is 2. The van der Waals surface area contributed by atoms with Crippen molar-refractivity contribution >= 4 is 17.6 Å². The van der Waals surface area contributed by atoms with Crippen LogP contribution >= 0.6 is 0 Å². The van der Waals surface area contributed by atoms with Crippen LogP contribution < -0.4 is 11.1 Å². The van der Waals surface area contributed by atoms with Gasteiger partial charge in [0.15, 0.2) is 5.82 Å². The fourth-order valence-electron chi connectivity index (χ4n) is 6.09. The summed E-state index contributed by atoms with van der Waals surface area (Å²) in [6.07, 6.45) is 9.17. The summed E-state index contributed by atoms with van der Waals surface area (Å²) in [5.74, 6) is 1.35. The average molecular weight is 493 g/mol. The molecule has 4 aromatic rings. The number of aryl methyl sites for hydroxylation is 4. The molecule has 1 unspecified atom stereocenters. The fourth-order valence-corrected chi connectivity index (χ4v) is 6.09. The number of nitrogens with zero attached hydrogens (tertiary/aromatic N) is 6. The van der Waals surface area contributed by atoms with Crippen molar-refractivity contribution in [2.75, 3.05) is 24.1 Å². The molecule has 2 aromatic heterocycles. The first-order valence-corrected chi connectivity index (χ1v) is 13.5. The van der Waals surface area contributed by atoms with Crippen LogP contribution in [-0.4, -0.2) is 49.0 Å². The standard InChI is InChI=1S/C29H32N8/c30-28-32-29(31-23-12-9-19-10-13-24(36-15-4-16-36)14-11-21(19)17-23)35-37(28)26-18-22-7-3-6-20-5-1-2-8-25(20)27(22)34-33-26/h1-2,5,8-9,12,17-18,24H,3-4,6-7,10-11,13-16H2,(H3,30,31,32,35). The van der Waals surface area contributed by atoms with Crippen LogP contribution in [-0.2, 0) is 25.7 Å². The minimum Gasteiger partial charge on any atom is -0.368 e. The molecule has 0 amide bonds. The van der Waals surface area contributed by atoms with Crippen LogP contribution in [0.5, 0.6) is 0 Å². The highest BCUT2D eigenvalue weighted by molar-refractivity contribution is 5.68. The highest BCUT2D eigenvalue weighted by Crippen LogP contribution is 2.32. The molecule has 0 spiro atoms. The fraction of sp³-hybridized carbons (Fsp3) is 0.379. The van der Waals surface area contributed by atoms with Gasteiger partial charge in [-0.05, 0) is 105 Å². The molecule has 0 bridgehead atoms. The van der Waals surface area contributed by atoms with Gasteiger partial charge in [0.2, 0.25) is 11.9 Å². The number of hydrogen-bond acceptors (Lipinski definition) is 7. The molecule has 1 aliphatic heterocycles. The summed E-state index contributed by atoms with van der Waals surface area (Å²) < 4.78 is 1.58. The van der Waals surface area contributed by atoms with Crippen molar-refractivity contribution in [3.63, 3.8) is 0 Å². The molecular weight excluding hydrogens is 460 g/mol. The quantitative estimate of drug-likeness (QED) is 0.405. The number of rotatable bonds is 4. The van der Waals surface area contributed by atoms with E-state index < -0.39 is 0 Å². The minimum absolute atomic E-state index is 0.290. The normalized spacial score (nSPS) is 19.1. The SMILES string of the molecule is Nc1nc(Nc2ccc3c(c2)CCC(N2CCC2)CC3)nn1-c1cc2c(nn1)-c1ccccc1CCC2. The zero-order valence-electron chi connectivity index (χ0n) is 21.0. The van der Waals surface area contributed by atoms with Crippen molar-refractivity contribution in [1.82, 2.24) is 29.9 Å². The molecule has 188 valence electrons. The summed E-state index contributed by atoms with van der Waals surface area (Å²) in [5, 5.41) is 17.1. The molecule has 3 N–H and O–H groups in total. The molecule has 2 aromatic carbocycles. The van der Waals surface area contributed by atoms with Gasteiger partial charge in [-0.1, -0.05) is 30.3 Å². The Hall–Kier alpha value is -3.78. The average Bonchev–Trinajstić information content (AvgIpc) is 3.03. The lowest BCUT2D eigenvalue weighted by atomic mass is 10.0. The minimum atomic E-state index is 0.290. The molecule has 1 saturated heterocycles. The first-order valence-electron chi connectivity index (χ1n) is 13.5. The number of likely N-dealkylation sites (tertiary alicyclic amines) is 1. The number of aromatic nitrogens is 5. The largest absolute Gasteiger partial charge is 0.368 e. The number of benzene rings is 2. The predicted molar refractivity (Wildman–Crippen MR) is 145 cm³/mol. The second kappa shape index (κ2) is 9.27. The van der Waals surface area contributed by atoms with Crippen molar-refractivity contribution in [3.05, 3.63) is 70.8 Å². The zero-order chi connectivity index (χ0) is 24.8. The summed E-state index contributed by atoms with van der Waals surface area (Å²) in [6, 6.07) is 17.9. The van der Waals surface area contributed by atoms with Crippen molar-refractivity contribution in [3.8, 4) is 17.1 Å². The Morgan fingerprint density at radius 1 is 0.811 bits per heavy atom. The summed E-state index contributed by atoms with van der Waals surface area (Å²) in [7, 11) is 0. The van der Waals surface area contributed by atoms with Gasteiger partial charge in [0.05, 0.1) is 5.69 Å². The number of fused-ring (bicyclic) bond motifs is 4. The summed E-state index contributed by atoms with van der Waals surface area (Å²) in [6.45, 7) is 2.54. The van der Waals surface area contributed by atoms with Crippen molar-refractivity contribution < 1.29 is 0 Å². The second-order valence-electron chi connectivity index (χ2n) is 10.5. The molecule has 1 atom stereocenters. The van der Waals surface area contributed by atoms with Gasteiger partial charge in [-0.25, -0.2) is 0 Å². The van der Waals surface area contributed by atoms with Gasteiger partial charge in [0, 0.05) is 17.3 Å². The van der Waals surface area contributed by atoms with E-state index in [1.165, 1.54) is 60.2 Å². The van der Waals surface area contributed by atoms with Gasteiger partial charge in [-0.3, -0.25) is 0 Å². The maximum atomic E-state index is 6.28. The predicted octanol–water partition coefficient (Wildman–Crippen LogP) is 4.49. The Morgan fingerprint density at radius 2 is 1.65 bits per heavy atom. The van der Waals surface area contributed by atoms with Crippen LogP contribution in [0.15, 0.2) is 48.5 Å². The number of nitrogens with one attached hydrogen (secondary N) is 1. The van der Waals surface area contributed by atoms with Gasteiger partial charge in [0.1, 0.15) is 0 Å². The Balaban J connectivity index is 1.12. The summed E-state index contributed by atoms with van der Waals surface area (Å²) in [4.78, 5) is 7.12. The van der Waals surface area contributed by atoms with Crippen LogP contribution in [0.2, 0.25) is 0 Å². The highest BCUT2D eigenvalue weighted by Gasteiger charge is 2.26. The van der Waals surface area contributed by atoms with E-state index in [1.54, 1.807) is 4.68 Å². The zero-order valence-corrected chi connectivity index (χ0v) is 21.0. The number of anilines is 3. The Morgan fingerprint density at radius 3 is 2.51 bits per heavy atom. The smallest absolute Gasteiger partial charge is 0.248 e. The topological polar surface area (TPSA) is 97.8 Å². The van der Waals surface area contributed by atoms with Crippen LogP contribution in [0, 0.1) is 0 Å². The van der Waals surface area contributed by atoms with Crippen LogP contribution in [0.4, 0.5) is 17.6 Å². The van der Waals surface area contributed by atoms with Crippen molar-refractivity contribution in [2.45, 2.75) is 57.4 Å². The molecule has 7 rings (SSSR count). The van der Waals surface area contributed by atoms with E-state index in [1.807, 2.05) is 0 Å². The third-order valence-electron chi connectivity index (χ3n) is 8.24. The maximum Gasteiger partial charge on any atom is 0.248 e. The van der Waals surface area contributed by atoms with Crippen LogP contribution in [0.1, 0.15) is 47.9 Å². The van der Waals surface area contributed by atoms with E-state index in [9.17, 15) is 0 Å². The highest BCUT2D eigenvalue weighted by atomic mass is 15.4. The Kier molecular flexibility index (Phi) is 5.61. The van der Waals surface area contributed by atoms with E-state index in [4.69, 9.17) is 5.73 Å². The van der Waals surface area contributed by atoms with Crippen LogP contribution in [0.25, 0.3) is 17.1 Å². The molecule has 2 aliphatic carbocycles. The van der Waals surface area contributed by atoms with Gasteiger partial charge in [-0.15, -0.1) is 15.3 Å². The summed E-state index contributed by atoms with van der Waals surface area (Å²) >= 11 is 0. The Labute approximate surface area is 216 Å². The lowest BCUT2D eigenvalue weighted by Crippen LogP contribution is -2.45. The van der Waals surface area contributed by atoms with Crippen molar-refractivity contribution in [2.24, 2.45) is 0 Å². The molecule has 37 heavy (non-hydrogen) atoms. The monoisotopic (exact) mass is 492 g/mol. The van der Waals surface area contributed by atoms with Crippen LogP contribution in [0.3, 0.4) is 0 Å². The first-order chi connectivity index (χ1) is 18.2. The second-order valence-corrected chi connectivity index (χ2v) is 10.5. The van der Waals surface area contributed by atoms with E-state index in [-0.39, 0.29) is 5.95 Å². The molecule has 8 heteroatoms. The lowest BCUT2D eigenvalue weighted by Gasteiger charge is -2.38. The third kappa shape index (κ3) is 4.25. The molecular formula is C29H32N8. The van der Waals surface area contributed by atoms with Gasteiger partial charge in [-0.2, -0.15) is 9.67 Å². The molecule has 8 nitrogen and oxygen atoms in total. The van der Waals surface area contributed by atoms with Gasteiger partial charge in [0.25, 0.3) is 0 Å². The molecule has 0 saturated carbocycles. The molecule has 1 fully saturated rings. The van der Waals surface area contributed by atoms with E-state index in [0.29, 0.717) is 11.8 Å². The Bertz CT molecular complexity index is 1450. The maximum absolute atomic E-state index is 6.28. The van der Waals surface area contributed by atoms with E-state index in [2.05, 4.69) is 79.0 Å². The number of nitrogens with two attached hydrogens (primary N) is 1. The van der Waals surface area contributed by atoms with Crippen molar-refractivity contribution in [1.29, 1.82) is 0 Å². The van der Waals surface area contributed by atoms with E-state index in [0.717, 1.165) is 49.5 Å². The van der Waals surface area contributed by atoms with Gasteiger partial charge >= 0.3 is 0 Å².